The van der Waals surface area contributed by atoms with Gasteiger partial charge in [0.05, 0.1) is 16.5 Å². The fourth-order valence-electron chi connectivity index (χ4n) is 7.94. The third kappa shape index (κ3) is 3.72. The van der Waals surface area contributed by atoms with E-state index in [0.717, 1.165) is 67.4 Å². The van der Waals surface area contributed by atoms with Crippen molar-refractivity contribution in [3.8, 4) is 0 Å². The first-order valence-electron chi connectivity index (χ1n) is 14.6. The number of rotatable bonds is 5. The van der Waals surface area contributed by atoms with Gasteiger partial charge in [0.25, 0.3) is 0 Å². The molecule has 2 aromatic rings. The monoisotopic (exact) mass is 494 g/mol. The first-order valence-corrected chi connectivity index (χ1v) is 14.4. The van der Waals surface area contributed by atoms with Crippen LogP contribution in [0.1, 0.15) is 54.1 Å². The van der Waals surface area contributed by atoms with Crippen LogP contribution in [0.15, 0.2) is 24.3 Å². The van der Waals surface area contributed by atoms with Crippen molar-refractivity contribution in [1.82, 2.24) is 14.6 Å². The SMILES string of the molecule is [2H]C([2H])(C1CN(c2nsc3ccccc23)CCN1)C1CCCCC1CN1C(=O)[C@@H]2[C@H]3CCC(C3)[C@@H]2C1=O. The van der Waals surface area contributed by atoms with Gasteiger partial charge in [0.1, 0.15) is 5.82 Å². The number of nitrogens with zero attached hydrogens (tertiary/aromatic N) is 3. The molecule has 5 fully saturated rings. The summed E-state index contributed by atoms with van der Waals surface area (Å²) in [4.78, 5) is 30.6. The average molecular weight is 495 g/mol. The molecule has 35 heavy (non-hydrogen) atoms. The van der Waals surface area contributed by atoms with Crippen LogP contribution >= 0.6 is 11.5 Å². The van der Waals surface area contributed by atoms with Crippen molar-refractivity contribution in [1.29, 1.82) is 0 Å². The van der Waals surface area contributed by atoms with Crippen LogP contribution in [0.3, 0.4) is 0 Å². The molecule has 4 unspecified atom stereocenters. The van der Waals surface area contributed by atoms with Gasteiger partial charge in [-0.2, -0.15) is 4.37 Å². The molecule has 6 nitrogen and oxygen atoms in total. The molecule has 3 saturated carbocycles. The zero-order chi connectivity index (χ0) is 25.3. The van der Waals surface area contributed by atoms with Crippen LogP contribution < -0.4 is 10.2 Å². The normalized spacial score (nSPS) is 38.2. The number of carbonyl (C=O) groups is 2. The topological polar surface area (TPSA) is 65.5 Å². The summed E-state index contributed by atoms with van der Waals surface area (Å²) in [5.41, 5.74) is 0. The second-order valence-corrected chi connectivity index (χ2v) is 12.2. The fourth-order valence-corrected chi connectivity index (χ4v) is 8.74. The lowest BCUT2D eigenvalue weighted by Gasteiger charge is -2.39. The smallest absolute Gasteiger partial charge is 0.233 e. The average Bonchev–Trinajstić information content (AvgIpc) is 3.69. The lowest BCUT2D eigenvalue weighted by Crippen LogP contribution is -2.52. The predicted octanol–water partition coefficient (Wildman–Crippen LogP) is 4.30. The Kier molecular flexibility index (Phi) is 5.08. The Balaban J connectivity index is 1.10. The molecule has 7 heteroatoms. The van der Waals surface area contributed by atoms with E-state index in [4.69, 9.17) is 4.37 Å². The van der Waals surface area contributed by atoms with Gasteiger partial charge in [-0.1, -0.05) is 31.4 Å². The van der Waals surface area contributed by atoms with Gasteiger partial charge in [0.15, 0.2) is 0 Å². The fraction of sp³-hybridized carbons (Fsp3) is 0.679. The summed E-state index contributed by atoms with van der Waals surface area (Å²) in [6.07, 6.45) is 5.52. The van der Waals surface area contributed by atoms with Gasteiger partial charge in [0, 0.05) is 40.3 Å². The number of likely N-dealkylation sites (tertiary alicyclic amines) is 1. The van der Waals surface area contributed by atoms with Crippen molar-refractivity contribution in [2.24, 2.45) is 35.5 Å². The van der Waals surface area contributed by atoms with Crippen LogP contribution in [0.2, 0.25) is 0 Å². The number of anilines is 1. The molecular weight excluding hydrogens is 456 g/mol. The van der Waals surface area contributed by atoms with Crippen molar-refractivity contribution >= 4 is 39.3 Å². The molecule has 3 aliphatic carbocycles. The second-order valence-electron chi connectivity index (χ2n) is 11.4. The number of imide groups is 1. The molecular formula is C28H36N4O2S. The van der Waals surface area contributed by atoms with Crippen LogP contribution in [0.25, 0.3) is 10.1 Å². The van der Waals surface area contributed by atoms with Crippen molar-refractivity contribution in [3.05, 3.63) is 24.3 Å². The molecule has 3 heterocycles. The van der Waals surface area contributed by atoms with Crippen LogP contribution in [0, 0.1) is 35.5 Å². The highest BCUT2D eigenvalue weighted by Gasteiger charge is 2.61. The highest BCUT2D eigenvalue weighted by atomic mass is 32.1. The summed E-state index contributed by atoms with van der Waals surface area (Å²) in [6.45, 7) is 2.49. The molecule has 7 rings (SSSR count). The maximum Gasteiger partial charge on any atom is 0.233 e. The third-order valence-corrected chi connectivity index (χ3v) is 10.4. The first kappa shape index (κ1) is 20.1. The van der Waals surface area contributed by atoms with Gasteiger partial charge < -0.3 is 10.2 Å². The van der Waals surface area contributed by atoms with E-state index in [2.05, 4.69) is 22.3 Å². The molecule has 186 valence electrons. The molecule has 2 amide bonds. The number of hydrogen-bond donors (Lipinski definition) is 1. The van der Waals surface area contributed by atoms with Gasteiger partial charge in [-0.05, 0) is 79.4 Å². The number of nitrogens with one attached hydrogen (secondary N) is 1. The quantitative estimate of drug-likeness (QED) is 0.628. The Bertz CT molecular complexity index is 1190. The summed E-state index contributed by atoms with van der Waals surface area (Å²) >= 11 is 1.50. The summed E-state index contributed by atoms with van der Waals surface area (Å²) < 4.78 is 24.6. The molecule has 2 saturated heterocycles. The Morgan fingerprint density at radius 1 is 1.03 bits per heavy atom. The van der Waals surface area contributed by atoms with Gasteiger partial charge >= 0.3 is 0 Å². The van der Waals surface area contributed by atoms with Gasteiger partial charge in [-0.15, -0.1) is 0 Å². The number of fused-ring (bicyclic) bond motifs is 6. The van der Waals surface area contributed by atoms with Gasteiger partial charge in [-0.3, -0.25) is 14.5 Å². The first-order chi connectivity index (χ1) is 17.9. The van der Waals surface area contributed by atoms with Crippen LogP contribution in [0.5, 0.6) is 0 Å². The largest absolute Gasteiger partial charge is 0.352 e. The maximum atomic E-state index is 13.4. The minimum Gasteiger partial charge on any atom is -0.352 e. The standard InChI is InChI=1S/C28H36N4O2S/c33-27-24-18-9-10-19(13-18)25(24)28(34)32(27)15-20-6-2-1-5-17(20)14-21-16-31(12-11-29-21)26-22-7-3-4-8-23(22)35-30-26/h3-4,7-8,17-21,24-25,29H,1-2,5-6,9-16H2/t17?,18-,19?,20?,21?,24+,25-/m0/s1/i14D2. The van der Waals surface area contributed by atoms with Crippen LogP contribution in [-0.4, -0.2) is 53.3 Å². The number of benzene rings is 1. The summed E-state index contributed by atoms with van der Waals surface area (Å²) in [7, 11) is 0. The van der Waals surface area contributed by atoms with E-state index in [-0.39, 0.29) is 41.5 Å². The number of hydrogen-bond acceptors (Lipinski definition) is 6. The zero-order valence-electron chi connectivity index (χ0n) is 22.2. The van der Waals surface area contributed by atoms with Gasteiger partial charge in [0.2, 0.25) is 11.8 Å². The molecule has 7 atom stereocenters. The number of carbonyl (C=O) groups excluding carboxylic acids is 2. The van der Waals surface area contributed by atoms with Crippen LogP contribution in [0.4, 0.5) is 5.82 Å². The predicted molar refractivity (Wildman–Crippen MR) is 138 cm³/mol. The Labute approximate surface area is 214 Å². The lowest BCUT2D eigenvalue weighted by molar-refractivity contribution is -0.142. The van der Waals surface area contributed by atoms with Crippen molar-refractivity contribution in [2.75, 3.05) is 31.1 Å². The summed E-state index contributed by atoms with van der Waals surface area (Å²) in [5, 5.41) is 4.63. The van der Waals surface area contributed by atoms with Crippen molar-refractivity contribution in [2.45, 2.75) is 57.4 Å². The molecule has 5 aliphatic rings. The molecule has 1 aromatic carbocycles. The zero-order valence-corrected chi connectivity index (χ0v) is 21.0. The lowest BCUT2D eigenvalue weighted by atomic mass is 9.75. The number of piperazine rings is 1. The summed E-state index contributed by atoms with van der Waals surface area (Å²) in [6, 6.07) is 7.92. The van der Waals surface area contributed by atoms with E-state index in [1.54, 1.807) is 4.90 Å². The molecule has 1 N–H and O–H groups in total. The van der Waals surface area contributed by atoms with Crippen molar-refractivity contribution < 1.29 is 12.3 Å². The Morgan fingerprint density at radius 2 is 1.77 bits per heavy atom. The highest BCUT2D eigenvalue weighted by molar-refractivity contribution is 7.13. The molecule has 0 radical (unpaired) electrons. The molecule has 0 spiro atoms. The highest BCUT2D eigenvalue weighted by Crippen LogP contribution is 2.56. The second kappa shape index (κ2) is 8.84. The Morgan fingerprint density at radius 3 is 2.57 bits per heavy atom. The Hall–Kier alpha value is -1.99. The van der Waals surface area contributed by atoms with Gasteiger partial charge in [-0.25, -0.2) is 0 Å². The van der Waals surface area contributed by atoms with E-state index in [1.165, 1.54) is 11.5 Å². The van der Waals surface area contributed by atoms with Crippen LogP contribution in [-0.2, 0) is 9.59 Å². The summed E-state index contributed by atoms with van der Waals surface area (Å²) in [5.74, 6) is 1.49. The molecule has 2 aliphatic heterocycles. The minimum absolute atomic E-state index is 0.0189. The van der Waals surface area contributed by atoms with E-state index < -0.39 is 6.37 Å². The minimum atomic E-state index is -1.45. The number of amides is 2. The molecule has 2 bridgehead atoms. The van der Waals surface area contributed by atoms with E-state index in [0.29, 0.717) is 31.5 Å². The van der Waals surface area contributed by atoms with Crippen molar-refractivity contribution in [3.63, 3.8) is 0 Å². The molecule has 1 aromatic heterocycles. The van der Waals surface area contributed by atoms with E-state index in [9.17, 15) is 12.3 Å². The number of aromatic nitrogens is 1. The van der Waals surface area contributed by atoms with E-state index in [1.807, 2.05) is 12.1 Å². The maximum absolute atomic E-state index is 13.4. The van der Waals surface area contributed by atoms with E-state index >= 15 is 0 Å². The third-order valence-electron chi connectivity index (χ3n) is 9.59.